The van der Waals surface area contributed by atoms with Crippen LogP contribution >= 0.6 is 0 Å². The van der Waals surface area contributed by atoms with Crippen molar-refractivity contribution in [2.45, 2.75) is 38.7 Å². The summed E-state index contributed by atoms with van der Waals surface area (Å²) < 4.78 is 11.4. The van der Waals surface area contributed by atoms with Gasteiger partial charge in [0.1, 0.15) is 17.7 Å². The number of fused-ring (bicyclic) bond motifs is 1. The van der Waals surface area contributed by atoms with Crippen LogP contribution in [0.4, 0.5) is 4.79 Å². The number of hydrogen-bond acceptors (Lipinski definition) is 5. The molecule has 26 heavy (non-hydrogen) atoms. The van der Waals surface area contributed by atoms with Crippen LogP contribution in [0.5, 0.6) is 5.75 Å². The van der Waals surface area contributed by atoms with Gasteiger partial charge in [0.15, 0.2) is 0 Å². The van der Waals surface area contributed by atoms with E-state index >= 15 is 0 Å². The zero-order valence-corrected chi connectivity index (χ0v) is 15.7. The largest absolute Gasteiger partial charge is 0.493 e. The lowest BCUT2D eigenvalue weighted by Crippen LogP contribution is -2.37. The Balaban J connectivity index is 1.83. The lowest BCUT2D eigenvalue weighted by molar-refractivity contribution is 0.0281. The third-order valence-corrected chi connectivity index (χ3v) is 4.27. The maximum Gasteiger partial charge on any atom is 0.410 e. The van der Waals surface area contributed by atoms with Gasteiger partial charge in [-0.2, -0.15) is 0 Å². The second kappa shape index (κ2) is 7.32. The van der Waals surface area contributed by atoms with Crippen LogP contribution < -0.4 is 4.74 Å². The van der Waals surface area contributed by atoms with Crippen molar-refractivity contribution >= 4 is 6.09 Å². The number of benzene rings is 1. The minimum absolute atomic E-state index is 0.195. The fourth-order valence-corrected chi connectivity index (χ4v) is 3.10. The van der Waals surface area contributed by atoms with Crippen LogP contribution in [0.25, 0.3) is 11.1 Å². The smallest absolute Gasteiger partial charge is 0.410 e. The highest BCUT2D eigenvalue weighted by molar-refractivity contribution is 5.72. The summed E-state index contributed by atoms with van der Waals surface area (Å²) >= 11 is 0. The summed E-state index contributed by atoms with van der Waals surface area (Å²) in [5, 5.41) is 0. The molecular weight excluding hydrogens is 330 g/mol. The highest BCUT2D eigenvalue weighted by Crippen LogP contribution is 2.40. The van der Waals surface area contributed by atoms with Gasteiger partial charge in [0.2, 0.25) is 0 Å². The molecule has 6 nitrogen and oxygen atoms in total. The zero-order chi connectivity index (χ0) is 18.7. The molecule has 0 aliphatic carbocycles. The average Bonchev–Trinajstić information content (AvgIpc) is 2.61. The van der Waals surface area contributed by atoms with Crippen LogP contribution in [0.2, 0.25) is 0 Å². The van der Waals surface area contributed by atoms with Gasteiger partial charge in [0.25, 0.3) is 0 Å². The van der Waals surface area contributed by atoms with Crippen LogP contribution in [0.15, 0.2) is 36.9 Å². The van der Waals surface area contributed by atoms with E-state index in [0.717, 1.165) is 28.9 Å². The molecule has 0 unspecified atom stereocenters. The van der Waals surface area contributed by atoms with Crippen molar-refractivity contribution in [1.29, 1.82) is 0 Å². The molecule has 0 fully saturated rings. The number of aromatic nitrogens is 2. The average molecular weight is 355 g/mol. The molecule has 1 aliphatic heterocycles. The first-order chi connectivity index (χ1) is 12.3. The second-order valence-corrected chi connectivity index (χ2v) is 7.55. The number of nitrogens with zero attached hydrogens (tertiary/aromatic N) is 3. The molecule has 1 aromatic heterocycles. The predicted molar refractivity (Wildman–Crippen MR) is 99.2 cm³/mol. The SMILES string of the molecule is CN(C[C@@H]1CCOc2c(-c3cncnc3)cccc21)C(=O)OC(C)(C)C. The lowest BCUT2D eigenvalue weighted by atomic mass is 9.90. The number of hydrogen-bond donors (Lipinski definition) is 0. The molecule has 1 amide bonds. The molecule has 0 saturated carbocycles. The van der Waals surface area contributed by atoms with E-state index in [4.69, 9.17) is 9.47 Å². The Morgan fingerprint density at radius 2 is 2.04 bits per heavy atom. The number of amides is 1. The summed E-state index contributed by atoms with van der Waals surface area (Å²) in [5.41, 5.74) is 2.51. The molecule has 2 aromatic rings. The van der Waals surface area contributed by atoms with Gasteiger partial charge in [0, 0.05) is 43.0 Å². The Hall–Kier alpha value is -2.63. The Bertz CT molecular complexity index is 772. The molecule has 0 saturated heterocycles. The van der Waals surface area contributed by atoms with Crippen LogP contribution in [0, 0.1) is 0 Å². The highest BCUT2D eigenvalue weighted by Gasteiger charge is 2.28. The van der Waals surface area contributed by atoms with E-state index in [1.54, 1.807) is 24.3 Å². The molecule has 0 bridgehead atoms. The fourth-order valence-electron chi connectivity index (χ4n) is 3.10. The molecule has 1 atom stereocenters. The Morgan fingerprint density at radius 3 is 2.73 bits per heavy atom. The maximum atomic E-state index is 12.3. The minimum atomic E-state index is -0.501. The van der Waals surface area contributed by atoms with Crippen LogP contribution in [-0.4, -0.2) is 46.8 Å². The van der Waals surface area contributed by atoms with Crippen molar-refractivity contribution in [2.24, 2.45) is 0 Å². The van der Waals surface area contributed by atoms with E-state index in [-0.39, 0.29) is 12.0 Å². The number of carbonyl (C=O) groups is 1. The molecule has 2 heterocycles. The van der Waals surface area contributed by atoms with E-state index in [2.05, 4.69) is 16.0 Å². The monoisotopic (exact) mass is 355 g/mol. The first-order valence-corrected chi connectivity index (χ1v) is 8.80. The van der Waals surface area contributed by atoms with Gasteiger partial charge in [-0.15, -0.1) is 0 Å². The van der Waals surface area contributed by atoms with Gasteiger partial charge in [-0.3, -0.25) is 0 Å². The number of likely N-dealkylation sites (N-methyl/N-ethyl adjacent to an activating group) is 1. The van der Waals surface area contributed by atoms with Gasteiger partial charge >= 0.3 is 6.09 Å². The second-order valence-electron chi connectivity index (χ2n) is 7.55. The topological polar surface area (TPSA) is 64.5 Å². The van der Waals surface area contributed by atoms with Gasteiger partial charge in [-0.05, 0) is 32.8 Å². The standard InChI is InChI=1S/C20H25N3O3/c1-20(2,3)26-19(24)23(4)12-14-8-9-25-18-16(14)6-5-7-17(18)15-10-21-13-22-11-15/h5-7,10-11,13-14H,8-9,12H2,1-4H3/t14-/m0/s1. The number of para-hydroxylation sites is 1. The van der Waals surface area contributed by atoms with Crippen LogP contribution in [-0.2, 0) is 4.74 Å². The van der Waals surface area contributed by atoms with Crippen molar-refractivity contribution in [1.82, 2.24) is 14.9 Å². The van der Waals surface area contributed by atoms with Crippen LogP contribution in [0.3, 0.4) is 0 Å². The van der Waals surface area contributed by atoms with Gasteiger partial charge in [-0.1, -0.05) is 18.2 Å². The molecule has 6 heteroatoms. The molecule has 1 aromatic carbocycles. The third-order valence-electron chi connectivity index (χ3n) is 4.27. The van der Waals surface area contributed by atoms with Gasteiger partial charge in [0.05, 0.1) is 6.61 Å². The van der Waals surface area contributed by atoms with E-state index < -0.39 is 5.60 Å². The Kier molecular flexibility index (Phi) is 5.11. The van der Waals surface area contributed by atoms with E-state index in [9.17, 15) is 4.79 Å². The van der Waals surface area contributed by atoms with Crippen molar-refractivity contribution in [3.05, 3.63) is 42.5 Å². The van der Waals surface area contributed by atoms with E-state index in [1.807, 2.05) is 32.9 Å². The van der Waals surface area contributed by atoms with Crippen molar-refractivity contribution < 1.29 is 14.3 Å². The molecule has 138 valence electrons. The van der Waals surface area contributed by atoms with E-state index in [1.165, 1.54) is 6.33 Å². The van der Waals surface area contributed by atoms with Gasteiger partial charge in [-0.25, -0.2) is 14.8 Å². The molecular formula is C20H25N3O3. The van der Waals surface area contributed by atoms with Crippen LogP contribution in [0.1, 0.15) is 38.7 Å². The third kappa shape index (κ3) is 4.12. The first-order valence-electron chi connectivity index (χ1n) is 8.80. The molecule has 0 spiro atoms. The summed E-state index contributed by atoms with van der Waals surface area (Å²) in [7, 11) is 1.78. The fraction of sp³-hybridized carbons (Fsp3) is 0.450. The summed E-state index contributed by atoms with van der Waals surface area (Å²) in [6.07, 6.45) is 5.62. The number of carbonyl (C=O) groups excluding carboxylic acids is 1. The quantitative estimate of drug-likeness (QED) is 0.836. The summed E-state index contributed by atoms with van der Waals surface area (Å²) in [5.74, 6) is 1.05. The summed E-state index contributed by atoms with van der Waals surface area (Å²) in [6.45, 7) is 6.81. The Morgan fingerprint density at radius 1 is 1.31 bits per heavy atom. The molecule has 3 rings (SSSR count). The van der Waals surface area contributed by atoms with E-state index in [0.29, 0.717) is 13.2 Å². The Labute approximate surface area is 154 Å². The normalized spacial score (nSPS) is 16.4. The summed E-state index contributed by atoms with van der Waals surface area (Å²) in [4.78, 5) is 22.1. The van der Waals surface area contributed by atoms with Gasteiger partial charge < -0.3 is 14.4 Å². The molecule has 0 N–H and O–H groups in total. The number of rotatable bonds is 3. The predicted octanol–water partition coefficient (Wildman–Crippen LogP) is 3.88. The van der Waals surface area contributed by atoms with Crippen molar-refractivity contribution in [2.75, 3.05) is 20.2 Å². The lowest BCUT2D eigenvalue weighted by Gasteiger charge is -2.31. The zero-order valence-electron chi connectivity index (χ0n) is 15.7. The van der Waals surface area contributed by atoms with Crippen molar-refractivity contribution in [3.63, 3.8) is 0 Å². The highest BCUT2D eigenvalue weighted by atomic mass is 16.6. The summed E-state index contributed by atoms with van der Waals surface area (Å²) in [6, 6.07) is 6.09. The number of ether oxygens (including phenoxy) is 2. The molecule has 1 aliphatic rings. The minimum Gasteiger partial charge on any atom is -0.493 e. The molecule has 0 radical (unpaired) electrons. The van der Waals surface area contributed by atoms with Crippen molar-refractivity contribution in [3.8, 4) is 16.9 Å². The maximum absolute atomic E-state index is 12.3. The first kappa shape index (κ1) is 18.2.